The zero-order valence-electron chi connectivity index (χ0n) is 23.2. The number of carbonyl (C=O) groups is 2. The van der Waals surface area contributed by atoms with Gasteiger partial charge < -0.3 is 24.7 Å². The van der Waals surface area contributed by atoms with E-state index in [0.717, 1.165) is 30.8 Å². The molecule has 10 heteroatoms. The van der Waals surface area contributed by atoms with Gasteiger partial charge >= 0.3 is 5.69 Å². The molecule has 1 amide bonds. The summed E-state index contributed by atoms with van der Waals surface area (Å²) >= 11 is 0. The third-order valence-corrected chi connectivity index (χ3v) is 7.29. The van der Waals surface area contributed by atoms with E-state index >= 15 is 0 Å². The van der Waals surface area contributed by atoms with Crippen LogP contribution in [0, 0.1) is 17.0 Å². The number of carbonyl (C=O) groups excluding carboxylic acids is 2. The molecular weight excluding hydrogens is 526 g/mol. The smallest absolute Gasteiger partial charge is 0.311 e. The third kappa shape index (κ3) is 6.22. The first-order valence-corrected chi connectivity index (χ1v) is 13.4. The van der Waals surface area contributed by atoms with Crippen molar-refractivity contribution in [2.24, 2.45) is 0 Å². The molecule has 0 aliphatic carbocycles. The van der Waals surface area contributed by atoms with Crippen LogP contribution < -0.4 is 4.74 Å². The van der Waals surface area contributed by atoms with Gasteiger partial charge in [-0.3, -0.25) is 19.7 Å². The lowest BCUT2D eigenvalue weighted by molar-refractivity contribution is -0.385. The highest BCUT2D eigenvalue weighted by Crippen LogP contribution is 2.42. The molecule has 0 radical (unpaired) electrons. The minimum atomic E-state index is -1.08. The largest absolute Gasteiger partial charge is 0.507 e. The Bertz CT molecular complexity index is 1480. The number of amides is 1. The number of benzene rings is 3. The first-order chi connectivity index (χ1) is 19.7. The molecule has 10 nitrogen and oxygen atoms in total. The van der Waals surface area contributed by atoms with Gasteiger partial charge in [0, 0.05) is 24.7 Å². The van der Waals surface area contributed by atoms with Gasteiger partial charge in [-0.05, 0) is 61.0 Å². The molecule has 0 bridgehead atoms. The predicted molar refractivity (Wildman–Crippen MR) is 154 cm³/mol. The number of likely N-dealkylation sites (tertiary alicyclic amines) is 1. The van der Waals surface area contributed by atoms with Crippen LogP contribution in [-0.4, -0.2) is 62.8 Å². The van der Waals surface area contributed by atoms with E-state index in [1.807, 2.05) is 44.2 Å². The molecule has 1 atom stereocenters. The van der Waals surface area contributed by atoms with Gasteiger partial charge in [-0.25, -0.2) is 0 Å². The lowest BCUT2D eigenvalue weighted by Gasteiger charge is -2.28. The average Bonchev–Trinajstić information content (AvgIpc) is 3.22. The van der Waals surface area contributed by atoms with E-state index in [2.05, 4.69) is 4.90 Å². The molecule has 1 aliphatic rings. The number of ketones is 1. The molecule has 0 aromatic heterocycles. The Morgan fingerprint density at radius 3 is 2.39 bits per heavy atom. The van der Waals surface area contributed by atoms with Crippen LogP contribution in [0.5, 0.6) is 11.5 Å². The number of aryl methyl sites for hydroxylation is 1. The van der Waals surface area contributed by atoms with E-state index < -0.39 is 39.9 Å². The van der Waals surface area contributed by atoms with Crippen LogP contribution in [0.15, 0.2) is 72.3 Å². The zero-order valence-corrected chi connectivity index (χ0v) is 23.2. The maximum atomic E-state index is 13.4. The number of aliphatic hydroxyl groups is 1. The minimum Gasteiger partial charge on any atom is -0.507 e. The van der Waals surface area contributed by atoms with Crippen molar-refractivity contribution in [3.63, 3.8) is 0 Å². The van der Waals surface area contributed by atoms with Crippen molar-refractivity contribution in [2.75, 3.05) is 26.2 Å². The number of aliphatic hydroxyl groups excluding tert-OH is 1. The highest BCUT2D eigenvalue weighted by atomic mass is 16.6. The van der Waals surface area contributed by atoms with Crippen LogP contribution in [0.4, 0.5) is 5.69 Å². The monoisotopic (exact) mass is 559 g/mol. The third-order valence-electron chi connectivity index (χ3n) is 7.29. The Hall–Kier alpha value is -4.70. The average molecular weight is 560 g/mol. The Balaban J connectivity index is 1.75. The summed E-state index contributed by atoms with van der Waals surface area (Å²) in [5, 5.41) is 33.0. The molecule has 3 aromatic rings. The Labute approximate surface area is 238 Å². The highest BCUT2D eigenvalue weighted by Gasteiger charge is 2.46. The summed E-state index contributed by atoms with van der Waals surface area (Å²) in [6.45, 7) is 8.20. The summed E-state index contributed by atoms with van der Waals surface area (Å²) in [5.41, 5.74) is 1.49. The maximum Gasteiger partial charge on any atom is 0.311 e. The summed E-state index contributed by atoms with van der Waals surface area (Å²) in [6, 6.07) is 17.2. The fourth-order valence-electron chi connectivity index (χ4n) is 4.95. The number of likely N-dealkylation sites (N-methyl/N-ethyl adjacent to an activating group) is 1. The lowest BCUT2D eigenvalue weighted by Crippen LogP contribution is -2.38. The summed E-state index contributed by atoms with van der Waals surface area (Å²) in [7, 11) is 0. The summed E-state index contributed by atoms with van der Waals surface area (Å²) in [4.78, 5) is 40.8. The second kappa shape index (κ2) is 12.6. The molecule has 1 fully saturated rings. The molecule has 4 rings (SSSR count). The van der Waals surface area contributed by atoms with E-state index in [-0.39, 0.29) is 17.7 Å². The van der Waals surface area contributed by atoms with E-state index in [9.17, 15) is 29.9 Å². The number of rotatable bonds is 11. The van der Waals surface area contributed by atoms with Crippen molar-refractivity contribution >= 4 is 23.1 Å². The number of nitro benzene ring substituents is 1. The van der Waals surface area contributed by atoms with Crippen molar-refractivity contribution < 1.29 is 29.5 Å². The molecule has 3 aromatic carbocycles. The molecule has 1 unspecified atom stereocenters. The van der Waals surface area contributed by atoms with Gasteiger partial charge in [0.05, 0.1) is 16.5 Å². The number of aromatic hydroxyl groups is 1. The zero-order chi connectivity index (χ0) is 29.7. The number of nitro groups is 1. The van der Waals surface area contributed by atoms with Crippen LogP contribution in [0.1, 0.15) is 42.1 Å². The predicted octanol–water partition coefficient (Wildman–Crippen LogP) is 4.95. The van der Waals surface area contributed by atoms with Crippen LogP contribution in [-0.2, 0) is 16.2 Å². The van der Waals surface area contributed by atoms with Crippen molar-refractivity contribution in [1.82, 2.24) is 9.80 Å². The van der Waals surface area contributed by atoms with E-state index in [1.54, 1.807) is 25.1 Å². The fourth-order valence-corrected chi connectivity index (χ4v) is 4.95. The lowest BCUT2D eigenvalue weighted by atomic mass is 9.94. The first kappa shape index (κ1) is 29.3. The summed E-state index contributed by atoms with van der Waals surface area (Å²) in [6.07, 6.45) is 0. The summed E-state index contributed by atoms with van der Waals surface area (Å²) in [5.74, 6) is -2.03. The first-order valence-electron chi connectivity index (χ1n) is 13.4. The van der Waals surface area contributed by atoms with Gasteiger partial charge in [0.1, 0.15) is 18.1 Å². The van der Waals surface area contributed by atoms with Gasteiger partial charge in [-0.2, -0.15) is 0 Å². The Kier molecular flexibility index (Phi) is 9.04. The van der Waals surface area contributed by atoms with Gasteiger partial charge in [-0.15, -0.1) is 0 Å². The van der Waals surface area contributed by atoms with E-state index in [1.165, 1.54) is 11.0 Å². The number of hydrogen-bond acceptors (Lipinski definition) is 8. The summed E-state index contributed by atoms with van der Waals surface area (Å²) < 4.78 is 5.93. The number of Topliss-reactive ketones (excluding diaryl/α,β-unsaturated/α-hetero) is 1. The molecule has 1 aliphatic heterocycles. The Morgan fingerprint density at radius 2 is 1.76 bits per heavy atom. The molecule has 1 heterocycles. The number of phenolic OH excluding ortho intramolecular Hbond substituents is 1. The maximum absolute atomic E-state index is 13.4. The van der Waals surface area contributed by atoms with Crippen LogP contribution >= 0.6 is 0 Å². The van der Waals surface area contributed by atoms with Gasteiger partial charge in [0.15, 0.2) is 5.75 Å². The number of phenols is 1. The standard InChI is InChI=1S/C31H33N3O7/c1-4-32(5-2)15-16-33-28(22-11-13-25(35)24(18-22)34(39)40)27(30(37)31(33)38)29(36)23-12-14-26(20(3)17-23)41-19-21-9-7-6-8-10-21/h6-14,17-18,28,35-36H,4-5,15-16,19H2,1-3H3/b29-27-. The van der Waals surface area contributed by atoms with E-state index in [0.29, 0.717) is 30.0 Å². The van der Waals surface area contributed by atoms with Gasteiger partial charge in [-0.1, -0.05) is 50.2 Å². The SMILES string of the molecule is CCN(CC)CCN1C(=O)C(=O)/C(=C(\O)c2ccc(OCc3ccccc3)c(C)c2)C1c1ccc(O)c([N+](=O)[O-])c1. The molecule has 41 heavy (non-hydrogen) atoms. The Morgan fingerprint density at radius 1 is 1.05 bits per heavy atom. The second-order valence-corrected chi connectivity index (χ2v) is 9.78. The van der Waals surface area contributed by atoms with Gasteiger partial charge in [0.25, 0.3) is 11.7 Å². The molecule has 1 saturated heterocycles. The van der Waals surface area contributed by atoms with Gasteiger partial charge in [0.2, 0.25) is 0 Å². The highest BCUT2D eigenvalue weighted by molar-refractivity contribution is 6.46. The van der Waals surface area contributed by atoms with Crippen LogP contribution in [0.3, 0.4) is 0 Å². The minimum absolute atomic E-state index is 0.160. The number of nitrogens with zero attached hydrogens (tertiary/aromatic N) is 3. The normalized spacial score (nSPS) is 16.4. The second-order valence-electron chi connectivity index (χ2n) is 9.78. The molecule has 0 spiro atoms. The number of hydrogen-bond donors (Lipinski definition) is 2. The van der Waals surface area contributed by atoms with Crippen molar-refractivity contribution in [1.29, 1.82) is 0 Å². The topological polar surface area (TPSA) is 133 Å². The molecule has 0 saturated carbocycles. The molecular formula is C31H33N3O7. The van der Waals surface area contributed by atoms with Crippen molar-refractivity contribution in [2.45, 2.75) is 33.4 Å². The molecule has 214 valence electrons. The van der Waals surface area contributed by atoms with Crippen molar-refractivity contribution in [3.8, 4) is 11.5 Å². The van der Waals surface area contributed by atoms with Crippen LogP contribution in [0.2, 0.25) is 0 Å². The number of ether oxygens (including phenoxy) is 1. The fraction of sp³-hybridized carbons (Fsp3) is 0.290. The van der Waals surface area contributed by atoms with E-state index in [4.69, 9.17) is 4.74 Å². The van der Waals surface area contributed by atoms with Crippen LogP contribution in [0.25, 0.3) is 5.76 Å². The molecule has 2 N–H and O–H groups in total. The quantitative estimate of drug-likeness (QED) is 0.111. The van der Waals surface area contributed by atoms with Crippen molar-refractivity contribution in [3.05, 3.63) is 105 Å².